The molecular formula is C11H23Br. The summed E-state index contributed by atoms with van der Waals surface area (Å²) in [4.78, 5) is 0. The number of halogens is 1. The van der Waals surface area contributed by atoms with E-state index in [-0.39, 0.29) is 0 Å². The van der Waals surface area contributed by atoms with E-state index in [0.717, 1.165) is 17.2 Å². The predicted octanol–water partition coefficient (Wildman–Crippen LogP) is 4.48. The van der Waals surface area contributed by atoms with Crippen LogP contribution in [-0.2, 0) is 0 Å². The van der Waals surface area contributed by atoms with Crippen molar-refractivity contribution in [2.24, 2.45) is 17.3 Å². The van der Waals surface area contributed by atoms with Gasteiger partial charge in [0, 0.05) is 5.33 Å². The Balaban J connectivity index is 4.00. The van der Waals surface area contributed by atoms with Crippen molar-refractivity contribution in [2.75, 3.05) is 5.33 Å². The summed E-state index contributed by atoms with van der Waals surface area (Å²) in [7, 11) is 0. The standard InChI is InChI=1S/C11H23Br/c1-6-9(2)7-10(8-12)11(3,4)5/h9-10H,6-8H2,1-5H3. The molecule has 0 N–H and O–H groups in total. The summed E-state index contributed by atoms with van der Waals surface area (Å²) in [6.45, 7) is 11.6. The Morgan fingerprint density at radius 1 is 1.25 bits per heavy atom. The van der Waals surface area contributed by atoms with Gasteiger partial charge in [0.25, 0.3) is 0 Å². The number of rotatable bonds is 4. The molecule has 0 aliphatic rings. The van der Waals surface area contributed by atoms with Crippen LogP contribution in [0.1, 0.15) is 47.5 Å². The Bertz CT molecular complexity index is 113. The molecule has 2 atom stereocenters. The molecule has 0 aromatic heterocycles. The average molecular weight is 235 g/mol. The van der Waals surface area contributed by atoms with Crippen LogP contribution < -0.4 is 0 Å². The second-order valence-corrected chi connectivity index (χ2v) is 5.61. The summed E-state index contributed by atoms with van der Waals surface area (Å²) >= 11 is 3.61. The van der Waals surface area contributed by atoms with E-state index in [1.807, 2.05) is 0 Å². The fourth-order valence-electron chi connectivity index (χ4n) is 1.30. The molecule has 0 aliphatic carbocycles. The highest BCUT2D eigenvalue weighted by molar-refractivity contribution is 9.09. The Kier molecular flexibility index (Phi) is 5.47. The largest absolute Gasteiger partial charge is 0.0925 e. The van der Waals surface area contributed by atoms with Crippen molar-refractivity contribution in [3.05, 3.63) is 0 Å². The first-order chi connectivity index (χ1) is 5.41. The minimum Gasteiger partial charge on any atom is -0.0925 e. The van der Waals surface area contributed by atoms with Crippen LogP contribution in [0.25, 0.3) is 0 Å². The molecule has 0 heterocycles. The smallest absolute Gasteiger partial charge is 0.00647 e. The predicted molar refractivity (Wildman–Crippen MR) is 60.8 cm³/mol. The van der Waals surface area contributed by atoms with Crippen molar-refractivity contribution in [2.45, 2.75) is 47.5 Å². The molecule has 0 aromatic rings. The molecule has 2 unspecified atom stereocenters. The van der Waals surface area contributed by atoms with Crippen molar-refractivity contribution >= 4 is 15.9 Å². The van der Waals surface area contributed by atoms with Crippen LogP contribution in [0, 0.1) is 17.3 Å². The van der Waals surface area contributed by atoms with Crippen molar-refractivity contribution in [1.82, 2.24) is 0 Å². The number of alkyl halides is 1. The summed E-state index contributed by atoms with van der Waals surface area (Å²) in [5, 5.41) is 1.14. The zero-order valence-corrected chi connectivity index (χ0v) is 10.7. The monoisotopic (exact) mass is 234 g/mol. The minimum absolute atomic E-state index is 0.451. The van der Waals surface area contributed by atoms with Crippen LogP contribution in [0.4, 0.5) is 0 Å². The fourth-order valence-corrected chi connectivity index (χ4v) is 2.54. The maximum Gasteiger partial charge on any atom is 0.00647 e. The first-order valence-electron chi connectivity index (χ1n) is 4.97. The van der Waals surface area contributed by atoms with Crippen molar-refractivity contribution in [1.29, 1.82) is 0 Å². The molecule has 0 aliphatic heterocycles. The number of hydrogen-bond acceptors (Lipinski definition) is 0. The van der Waals surface area contributed by atoms with Gasteiger partial charge in [0.2, 0.25) is 0 Å². The summed E-state index contributed by atoms with van der Waals surface area (Å²) < 4.78 is 0. The maximum absolute atomic E-state index is 3.61. The van der Waals surface area contributed by atoms with Crippen LogP contribution in [0.2, 0.25) is 0 Å². The summed E-state index contributed by atoms with van der Waals surface area (Å²) in [6, 6.07) is 0. The third-order valence-electron chi connectivity index (χ3n) is 2.79. The minimum atomic E-state index is 0.451. The van der Waals surface area contributed by atoms with Gasteiger partial charge in [0.05, 0.1) is 0 Å². The zero-order chi connectivity index (χ0) is 9.78. The molecule has 0 fully saturated rings. The first-order valence-corrected chi connectivity index (χ1v) is 6.09. The van der Waals surface area contributed by atoms with Crippen molar-refractivity contribution in [3.63, 3.8) is 0 Å². The van der Waals surface area contributed by atoms with E-state index in [0.29, 0.717) is 5.41 Å². The summed E-state index contributed by atoms with van der Waals surface area (Å²) in [6.07, 6.45) is 2.66. The lowest BCUT2D eigenvalue weighted by molar-refractivity contribution is 0.223. The highest BCUT2D eigenvalue weighted by atomic mass is 79.9. The molecule has 0 radical (unpaired) electrons. The van der Waals surface area contributed by atoms with Gasteiger partial charge in [-0.05, 0) is 23.7 Å². The average Bonchev–Trinajstić information content (AvgIpc) is 1.97. The lowest BCUT2D eigenvalue weighted by Crippen LogP contribution is -2.23. The highest BCUT2D eigenvalue weighted by Crippen LogP contribution is 2.33. The van der Waals surface area contributed by atoms with Crippen molar-refractivity contribution < 1.29 is 0 Å². The van der Waals surface area contributed by atoms with Gasteiger partial charge < -0.3 is 0 Å². The van der Waals surface area contributed by atoms with Gasteiger partial charge in [-0.15, -0.1) is 0 Å². The topological polar surface area (TPSA) is 0 Å². The van der Waals surface area contributed by atoms with Gasteiger partial charge in [-0.3, -0.25) is 0 Å². The molecule has 0 amide bonds. The molecule has 0 aromatic carbocycles. The Morgan fingerprint density at radius 2 is 1.75 bits per heavy atom. The molecule has 0 saturated heterocycles. The van der Waals surface area contributed by atoms with E-state index in [1.165, 1.54) is 12.8 Å². The molecule has 0 nitrogen and oxygen atoms in total. The van der Waals surface area contributed by atoms with Crippen molar-refractivity contribution in [3.8, 4) is 0 Å². The quantitative estimate of drug-likeness (QED) is 0.630. The van der Waals surface area contributed by atoms with E-state index in [9.17, 15) is 0 Å². The Morgan fingerprint density at radius 3 is 2.00 bits per heavy atom. The Labute approximate surface area is 86.3 Å². The van der Waals surface area contributed by atoms with Gasteiger partial charge in [0.15, 0.2) is 0 Å². The molecule has 0 saturated carbocycles. The third kappa shape index (κ3) is 4.49. The highest BCUT2D eigenvalue weighted by Gasteiger charge is 2.24. The third-order valence-corrected chi connectivity index (χ3v) is 3.58. The maximum atomic E-state index is 3.61. The first kappa shape index (κ1) is 12.5. The van der Waals surface area contributed by atoms with E-state index in [2.05, 4.69) is 50.5 Å². The summed E-state index contributed by atoms with van der Waals surface area (Å²) in [5.74, 6) is 1.68. The van der Waals surface area contributed by atoms with Crippen LogP contribution in [0.3, 0.4) is 0 Å². The van der Waals surface area contributed by atoms with Crippen LogP contribution in [0.5, 0.6) is 0 Å². The lowest BCUT2D eigenvalue weighted by atomic mass is 9.77. The van der Waals surface area contributed by atoms with E-state index >= 15 is 0 Å². The van der Waals surface area contributed by atoms with Gasteiger partial charge >= 0.3 is 0 Å². The fraction of sp³-hybridized carbons (Fsp3) is 1.00. The van der Waals surface area contributed by atoms with Crippen LogP contribution in [0.15, 0.2) is 0 Å². The van der Waals surface area contributed by atoms with E-state index < -0.39 is 0 Å². The van der Waals surface area contributed by atoms with E-state index in [1.54, 1.807) is 0 Å². The van der Waals surface area contributed by atoms with E-state index in [4.69, 9.17) is 0 Å². The van der Waals surface area contributed by atoms with Gasteiger partial charge in [-0.2, -0.15) is 0 Å². The summed E-state index contributed by atoms with van der Waals surface area (Å²) in [5.41, 5.74) is 0.451. The molecule has 1 heteroatoms. The molecular weight excluding hydrogens is 212 g/mol. The SMILES string of the molecule is CCC(C)CC(CBr)C(C)(C)C. The number of hydrogen-bond donors (Lipinski definition) is 0. The Hall–Kier alpha value is 0.480. The zero-order valence-electron chi connectivity index (χ0n) is 9.15. The molecule has 0 bridgehead atoms. The molecule has 12 heavy (non-hydrogen) atoms. The molecule has 0 rings (SSSR count). The molecule has 0 spiro atoms. The van der Waals surface area contributed by atoms with Crippen LogP contribution in [-0.4, -0.2) is 5.33 Å². The molecule has 74 valence electrons. The van der Waals surface area contributed by atoms with Gasteiger partial charge in [-0.25, -0.2) is 0 Å². The second-order valence-electron chi connectivity index (χ2n) is 4.97. The van der Waals surface area contributed by atoms with Gasteiger partial charge in [0.1, 0.15) is 0 Å². The normalized spacial score (nSPS) is 17.5. The second kappa shape index (κ2) is 5.26. The lowest BCUT2D eigenvalue weighted by Gasteiger charge is -2.31. The van der Waals surface area contributed by atoms with Crippen LogP contribution >= 0.6 is 15.9 Å². The van der Waals surface area contributed by atoms with Gasteiger partial charge in [-0.1, -0.05) is 57.0 Å².